The first-order valence-electron chi connectivity index (χ1n) is 15.1. The Balaban J connectivity index is 3.05. The van der Waals surface area contributed by atoms with Crippen LogP contribution in [0.25, 0.3) is 0 Å². The Hall–Kier alpha value is -0.790. The van der Waals surface area contributed by atoms with Crippen molar-refractivity contribution < 1.29 is 9.90 Å². The van der Waals surface area contributed by atoms with Gasteiger partial charge in [-0.05, 0) is 12.8 Å². The third-order valence-corrected chi connectivity index (χ3v) is 7.13. The highest BCUT2D eigenvalue weighted by atomic mass is 16.4. The molecule has 33 heavy (non-hydrogen) atoms. The number of carboxylic acid groups (broad SMARTS) is 1. The van der Waals surface area contributed by atoms with Gasteiger partial charge in [0.25, 0.3) is 0 Å². The monoisotopic (exact) mass is 464 g/mol. The average molecular weight is 465 g/mol. The first kappa shape index (κ1) is 32.2. The Kier molecular flexibility index (Phi) is 26.8. The fourth-order valence-corrected chi connectivity index (χ4v) is 4.76. The molecule has 0 aromatic heterocycles. The summed E-state index contributed by atoms with van der Waals surface area (Å²) in [4.78, 5) is 10.7. The van der Waals surface area contributed by atoms with E-state index < -0.39 is 5.97 Å². The minimum atomic E-state index is -0.838. The van der Waals surface area contributed by atoms with E-state index in [0.717, 1.165) is 12.8 Å². The van der Waals surface area contributed by atoms with Crippen molar-refractivity contribution in [2.75, 3.05) is 0 Å². The van der Waals surface area contributed by atoms with Gasteiger partial charge in [-0.2, -0.15) is 0 Å². The summed E-state index contributed by atoms with van der Waals surface area (Å²) in [6, 6.07) is 0. The van der Waals surface area contributed by atoms with E-state index in [2.05, 4.69) is 13.5 Å². The van der Waals surface area contributed by atoms with E-state index in [4.69, 9.17) is 5.11 Å². The molecule has 0 atom stereocenters. The summed E-state index contributed by atoms with van der Waals surface area (Å²) in [5.74, 6) is -0.838. The maximum atomic E-state index is 10.7. The van der Waals surface area contributed by atoms with Crippen LogP contribution in [0, 0.1) is 0 Å². The molecule has 196 valence electrons. The second-order valence-electron chi connectivity index (χ2n) is 10.5. The number of hydrogen-bond acceptors (Lipinski definition) is 1. The molecule has 0 aliphatic carbocycles. The quantitative estimate of drug-likeness (QED) is 0.0923. The molecule has 0 aromatic rings. The van der Waals surface area contributed by atoms with Gasteiger partial charge in [-0.15, -0.1) is 0 Å². The van der Waals surface area contributed by atoms with Crippen molar-refractivity contribution >= 4 is 5.97 Å². The maximum Gasteiger partial charge on any atom is 0.330 e. The van der Waals surface area contributed by atoms with Crippen LogP contribution in [0.15, 0.2) is 12.2 Å². The van der Waals surface area contributed by atoms with Gasteiger partial charge in [0.1, 0.15) is 0 Å². The summed E-state index contributed by atoms with van der Waals surface area (Å²) in [6.07, 6.45) is 37.0. The van der Waals surface area contributed by atoms with Gasteiger partial charge < -0.3 is 5.11 Å². The molecule has 0 heterocycles. The molecule has 2 nitrogen and oxygen atoms in total. The molecule has 0 aliphatic heterocycles. The molecule has 0 fully saturated rings. The van der Waals surface area contributed by atoms with Crippen molar-refractivity contribution in [2.45, 2.75) is 180 Å². The molecule has 0 aliphatic rings. The number of carbonyl (C=O) groups is 1. The summed E-state index contributed by atoms with van der Waals surface area (Å²) in [5.41, 5.74) is 0.361. The Labute approximate surface area is 208 Å². The molecule has 0 saturated carbocycles. The fourth-order valence-electron chi connectivity index (χ4n) is 4.76. The van der Waals surface area contributed by atoms with Crippen LogP contribution in [-0.2, 0) is 4.79 Å². The Morgan fingerprint density at radius 1 is 0.455 bits per heavy atom. The van der Waals surface area contributed by atoms with Crippen LogP contribution in [0.2, 0.25) is 0 Å². The molecule has 0 spiro atoms. The Morgan fingerprint density at radius 2 is 0.667 bits per heavy atom. The largest absolute Gasteiger partial charge is 0.478 e. The lowest BCUT2D eigenvalue weighted by Crippen LogP contribution is -1.98. The zero-order valence-electron chi connectivity index (χ0n) is 22.7. The zero-order chi connectivity index (χ0) is 24.2. The second-order valence-corrected chi connectivity index (χ2v) is 10.5. The average Bonchev–Trinajstić information content (AvgIpc) is 2.81. The fraction of sp³-hybridized carbons (Fsp3) is 0.903. The van der Waals surface area contributed by atoms with Crippen molar-refractivity contribution in [3.8, 4) is 0 Å². The Morgan fingerprint density at radius 3 is 0.879 bits per heavy atom. The van der Waals surface area contributed by atoms with E-state index in [9.17, 15) is 4.79 Å². The van der Waals surface area contributed by atoms with Gasteiger partial charge in [0.05, 0.1) is 0 Å². The van der Waals surface area contributed by atoms with Gasteiger partial charge in [0, 0.05) is 5.57 Å². The predicted molar refractivity (Wildman–Crippen MR) is 147 cm³/mol. The van der Waals surface area contributed by atoms with E-state index in [-0.39, 0.29) is 0 Å². The molecule has 0 rings (SSSR count). The lowest BCUT2D eigenvalue weighted by atomic mass is 10.0. The van der Waals surface area contributed by atoms with Crippen LogP contribution in [0.4, 0.5) is 0 Å². The van der Waals surface area contributed by atoms with E-state index >= 15 is 0 Å². The molecule has 0 bridgehead atoms. The number of hydrogen-bond donors (Lipinski definition) is 1. The lowest BCUT2D eigenvalue weighted by molar-refractivity contribution is -0.132. The van der Waals surface area contributed by atoms with Crippen LogP contribution in [0.5, 0.6) is 0 Å². The number of rotatable bonds is 28. The number of aliphatic carboxylic acids is 1. The van der Waals surface area contributed by atoms with Crippen molar-refractivity contribution in [2.24, 2.45) is 0 Å². The molecule has 1 N–H and O–H groups in total. The van der Waals surface area contributed by atoms with Gasteiger partial charge in [-0.3, -0.25) is 0 Å². The molecular weight excluding hydrogens is 404 g/mol. The summed E-state index contributed by atoms with van der Waals surface area (Å²) in [6.45, 7) is 5.88. The van der Waals surface area contributed by atoms with Crippen LogP contribution in [0.1, 0.15) is 180 Å². The van der Waals surface area contributed by atoms with E-state index in [0.29, 0.717) is 12.0 Å². The maximum absolute atomic E-state index is 10.7. The molecule has 0 amide bonds. The molecule has 0 radical (unpaired) electrons. The van der Waals surface area contributed by atoms with Crippen molar-refractivity contribution in [1.82, 2.24) is 0 Å². The molecule has 0 aromatic carbocycles. The minimum absolute atomic E-state index is 0.361. The smallest absolute Gasteiger partial charge is 0.330 e. The highest BCUT2D eigenvalue weighted by molar-refractivity contribution is 5.85. The van der Waals surface area contributed by atoms with E-state index in [1.807, 2.05) is 0 Å². The lowest BCUT2D eigenvalue weighted by Gasteiger charge is -2.04. The zero-order valence-corrected chi connectivity index (χ0v) is 22.7. The summed E-state index contributed by atoms with van der Waals surface area (Å²) < 4.78 is 0. The highest BCUT2D eigenvalue weighted by Gasteiger charge is 2.02. The molecular formula is C31H60O2. The SMILES string of the molecule is C=C(CCCCCCCCCCCCCCCCCCCCCCCCCCCC)C(=O)O. The van der Waals surface area contributed by atoms with Crippen LogP contribution in [-0.4, -0.2) is 11.1 Å². The van der Waals surface area contributed by atoms with Crippen molar-refractivity contribution in [1.29, 1.82) is 0 Å². The summed E-state index contributed by atoms with van der Waals surface area (Å²) in [5, 5.41) is 8.78. The third-order valence-electron chi connectivity index (χ3n) is 7.13. The van der Waals surface area contributed by atoms with Gasteiger partial charge >= 0.3 is 5.97 Å². The predicted octanol–water partition coefficient (Wildman–Crippen LogP) is 11.2. The first-order valence-corrected chi connectivity index (χ1v) is 15.1. The van der Waals surface area contributed by atoms with Gasteiger partial charge in [-0.25, -0.2) is 4.79 Å². The van der Waals surface area contributed by atoms with Gasteiger partial charge in [0.15, 0.2) is 0 Å². The van der Waals surface area contributed by atoms with Crippen molar-refractivity contribution in [3.63, 3.8) is 0 Å². The third kappa shape index (κ3) is 27.3. The first-order chi connectivity index (χ1) is 16.2. The van der Waals surface area contributed by atoms with Crippen LogP contribution < -0.4 is 0 Å². The highest BCUT2D eigenvalue weighted by Crippen LogP contribution is 2.16. The molecule has 0 unspecified atom stereocenters. The van der Waals surface area contributed by atoms with E-state index in [1.165, 1.54) is 154 Å². The van der Waals surface area contributed by atoms with Crippen molar-refractivity contribution in [3.05, 3.63) is 12.2 Å². The van der Waals surface area contributed by atoms with Crippen LogP contribution >= 0.6 is 0 Å². The normalized spacial score (nSPS) is 11.2. The number of carboxylic acids is 1. The second kappa shape index (κ2) is 27.5. The number of unbranched alkanes of at least 4 members (excludes halogenated alkanes) is 25. The standard InChI is InChI=1S/C31H60O2/c1-3-4-5-6-7-8-9-10-11-12-13-14-15-16-17-18-19-20-21-22-23-24-25-26-27-28-29-30(2)31(32)33/h2-29H2,1H3,(H,32,33). The Bertz CT molecular complexity index is 415. The minimum Gasteiger partial charge on any atom is -0.478 e. The topological polar surface area (TPSA) is 37.3 Å². The van der Waals surface area contributed by atoms with Gasteiger partial charge in [-0.1, -0.05) is 174 Å². The summed E-state index contributed by atoms with van der Waals surface area (Å²) in [7, 11) is 0. The molecule has 2 heteroatoms. The van der Waals surface area contributed by atoms with Crippen LogP contribution in [0.3, 0.4) is 0 Å². The summed E-state index contributed by atoms with van der Waals surface area (Å²) >= 11 is 0. The molecule has 0 saturated heterocycles. The van der Waals surface area contributed by atoms with E-state index in [1.54, 1.807) is 0 Å². The van der Waals surface area contributed by atoms with Gasteiger partial charge in [0.2, 0.25) is 0 Å².